The molecule has 1 aromatic rings. The number of hydrogen-bond acceptors (Lipinski definition) is 5. The molecule has 1 saturated heterocycles. The zero-order valence-corrected chi connectivity index (χ0v) is 11.1. The fraction of sp³-hybridized carbons (Fsp3) is 0.538. The van der Waals surface area contributed by atoms with Gasteiger partial charge in [-0.1, -0.05) is 13.3 Å². The van der Waals surface area contributed by atoms with E-state index in [9.17, 15) is 9.90 Å². The number of β-amino-alcohol motifs (C(OH)–C–C–N with tert-alkyl or cyclic N) is 1. The predicted octanol–water partition coefficient (Wildman–Crippen LogP) is 0.527. The summed E-state index contributed by atoms with van der Waals surface area (Å²) < 4.78 is 0. The van der Waals surface area contributed by atoms with Crippen LogP contribution in [-0.4, -0.2) is 40.1 Å². The number of nitrogens with zero attached hydrogens (tertiary/aromatic N) is 2. The van der Waals surface area contributed by atoms with Crippen molar-refractivity contribution in [2.75, 3.05) is 18.5 Å². The normalized spacial score (nSPS) is 18.7. The maximum absolute atomic E-state index is 12.3. The number of hydrazine groups is 1. The molecule has 1 aliphatic rings. The number of aryl methyl sites for hydroxylation is 1. The number of aliphatic hydroxyl groups excluding tert-OH is 1. The van der Waals surface area contributed by atoms with Crippen molar-refractivity contribution in [3.8, 4) is 0 Å². The lowest BCUT2D eigenvalue weighted by Crippen LogP contribution is -2.29. The van der Waals surface area contributed by atoms with Crippen molar-refractivity contribution in [1.82, 2.24) is 9.88 Å². The molecular weight excluding hydrogens is 244 g/mol. The van der Waals surface area contributed by atoms with Gasteiger partial charge in [0.1, 0.15) is 5.82 Å². The Balaban J connectivity index is 2.22. The zero-order valence-electron chi connectivity index (χ0n) is 11.1. The van der Waals surface area contributed by atoms with Crippen LogP contribution in [0.2, 0.25) is 0 Å². The molecule has 1 fully saturated rings. The quantitative estimate of drug-likeness (QED) is 0.545. The summed E-state index contributed by atoms with van der Waals surface area (Å²) in [6.07, 6.45) is 1.99. The lowest BCUT2D eigenvalue weighted by molar-refractivity contribution is 0.0765. The van der Waals surface area contributed by atoms with Crippen molar-refractivity contribution < 1.29 is 9.90 Å². The van der Waals surface area contributed by atoms with E-state index in [1.54, 1.807) is 17.0 Å². The van der Waals surface area contributed by atoms with Crippen molar-refractivity contribution in [3.63, 3.8) is 0 Å². The van der Waals surface area contributed by atoms with E-state index in [0.717, 1.165) is 18.5 Å². The molecule has 0 saturated carbocycles. The number of anilines is 1. The minimum Gasteiger partial charge on any atom is -0.391 e. The standard InChI is InChI=1S/C13H20N4O2/c1-2-3-10-6-9(7-12(15-10)16-14)13(19)17-5-4-11(18)8-17/h6-7,11,18H,2-5,8,14H2,1H3,(H,15,16). The largest absolute Gasteiger partial charge is 0.391 e. The summed E-state index contributed by atoms with van der Waals surface area (Å²) in [6.45, 7) is 3.05. The molecule has 6 nitrogen and oxygen atoms in total. The Kier molecular flexibility index (Phi) is 4.34. The molecule has 1 unspecified atom stereocenters. The Morgan fingerprint density at radius 2 is 2.42 bits per heavy atom. The Morgan fingerprint density at radius 1 is 1.63 bits per heavy atom. The number of carbonyl (C=O) groups is 1. The van der Waals surface area contributed by atoms with Gasteiger partial charge in [0.05, 0.1) is 6.10 Å². The van der Waals surface area contributed by atoms with Gasteiger partial charge in [-0.3, -0.25) is 4.79 Å². The number of nitrogen functional groups attached to an aromatic ring is 1. The minimum absolute atomic E-state index is 0.0761. The van der Waals surface area contributed by atoms with Gasteiger partial charge in [-0.05, 0) is 25.0 Å². The van der Waals surface area contributed by atoms with Crippen LogP contribution in [0.1, 0.15) is 35.8 Å². The van der Waals surface area contributed by atoms with Crippen molar-refractivity contribution in [2.45, 2.75) is 32.3 Å². The summed E-state index contributed by atoms with van der Waals surface area (Å²) >= 11 is 0. The monoisotopic (exact) mass is 264 g/mol. The first kappa shape index (κ1) is 13.8. The van der Waals surface area contributed by atoms with E-state index in [1.165, 1.54) is 0 Å². The number of nitrogens with one attached hydrogen (secondary N) is 1. The number of nitrogens with two attached hydrogens (primary N) is 1. The molecule has 1 amide bonds. The Labute approximate surface area is 112 Å². The molecule has 6 heteroatoms. The highest BCUT2D eigenvalue weighted by atomic mass is 16.3. The number of amides is 1. The zero-order chi connectivity index (χ0) is 13.8. The van der Waals surface area contributed by atoms with Crippen LogP contribution in [0.5, 0.6) is 0 Å². The number of pyridine rings is 1. The van der Waals surface area contributed by atoms with E-state index in [0.29, 0.717) is 30.9 Å². The lowest BCUT2D eigenvalue weighted by Gasteiger charge is -2.16. The molecular formula is C13H20N4O2. The van der Waals surface area contributed by atoms with Gasteiger partial charge in [-0.15, -0.1) is 0 Å². The summed E-state index contributed by atoms with van der Waals surface area (Å²) in [5, 5.41) is 9.50. The first-order chi connectivity index (χ1) is 9.13. The van der Waals surface area contributed by atoms with Crippen LogP contribution in [-0.2, 0) is 6.42 Å². The SMILES string of the molecule is CCCc1cc(C(=O)N2CCC(O)C2)cc(NN)n1. The second-order valence-corrected chi connectivity index (χ2v) is 4.82. The molecule has 0 radical (unpaired) electrons. The van der Waals surface area contributed by atoms with Gasteiger partial charge in [0.15, 0.2) is 0 Å². The van der Waals surface area contributed by atoms with Crippen LogP contribution in [0.3, 0.4) is 0 Å². The topological polar surface area (TPSA) is 91.5 Å². The van der Waals surface area contributed by atoms with Crippen LogP contribution in [0.4, 0.5) is 5.82 Å². The van der Waals surface area contributed by atoms with Gasteiger partial charge in [-0.2, -0.15) is 0 Å². The number of aromatic nitrogens is 1. The maximum Gasteiger partial charge on any atom is 0.254 e. The summed E-state index contributed by atoms with van der Waals surface area (Å²) in [5.41, 5.74) is 3.91. The number of carbonyl (C=O) groups excluding carboxylic acids is 1. The number of hydrogen-bond donors (Lipinski definition) is 3. The molecule has 104 valence electrons. The molecule has 1 aliphatic heterocycles. The smallest absolute Gasteiger partial charge is 0.254 e. The van der Waals surface area contributed by atoms with E-state index in [4.69, 9.17) is 5.84 Å². The first-order valence-electron chi connectivity index (χ1n) is 6.59. The highest BCUT2D eigenvalue weighted by Gasteiger charge is 2.25. The Morgan fingerprint density at radius 3 is 3.00 bits per heavy atom. The first-order valence-corrected chi connectivity index (χ1v) is 6.59. The van der Waals surface area contributed by atoms with Crippen LogP contribution in [0, 0.1) is 0 Å². The van der Waals surface area contributed by atoms with E-state index >= 15 is 0 Å². The minimum atomic E-state index is -0.409. The summed E-state index contributed by atoms with van der Waals surface area (Å²) in [5.74, 6) is 5.80. The van der Waals surface area contributed by atoms with Crippen molar-refractivity contribution in [3.05, 3.63) is 23.4 Å². The van der Waals surface area contributed by atoms with Crippen molar-refractivity contribution in [1.29, 1.82) is 0 Å². The van der Waals surface area contributed by atoms with E-state index < -0.39 is 6.10 Å². The van der Waals surface area contributed by atoms with Crippen LogP contribution < -0.4 is 11.3 Å². The van der Waals surface area contributed by atoms with E-state index in [1.807, 2.05) is 0 Å². The summed E-state index contributed by atoms with van der Waals surface area (Å²) in [6, 6.07) is 3.45. The fourth-order valence-electron chi connectivity index (χ4n) is 2.28. The average molecular weight is 264 g/mol. The van der Waals surface area contributed by atoms with Crippen LogP contribution >= 0.6 is 0 Å². The second-order valence-electron chi connectivity index (χ2n) is 4.82. The van der Waals surface area contributed by atoms with Crippen molar-refractivity contribution >= 4 is 11.7 Å². The van der Waals surface area contributed by atoms with Gasteiger partial charge in [0.25, 0.3) is 5.91 Å². The van der Waals surface area contributed by atoms with E-state index in [2.05, 4.69) is 17.3 Å². The van der Waals surface area contributed by atoms with Crippen LogP contribution in [0.15, 0.2) is 12.1 Å². The summed E-state index contributed by atoms with van der Waals surface area (Å²) in [7, 11) is 0. The van der Waals surface area contributed by atoms with Gasteiger partial charge in [-0.25, -0.2) is 10.8 Å². The van der Waals surface area contributed by atoms with Gasteiger partial charge < -0.3 is 15.4 Å². The average Bonchev–Trinajstić information content (AvgIpc) is 2.84. The Hall–Kier alpha value is -1.66. The van der Waals surface area contributed by atoms with Gasteiger partial charge in [0.2, 0.25) is 0 Å². The number of aliphatic hydroxyl groups is 1. The number of rotatable bonds is 4. The maximum atomic E-state index is 12.3. The molecule has 2 rings (SSSR count). The molecule has 0 aliphatic carbocycles. The molecule has 2 heterocycles. The molecule has 1 aromatic heterocycles. The molecule has 1 atom stereocenters. The van der Waals surface area contributed by atoms with Crippen LogP contribution in [0.25, 0.3) is 0 Å². The molecule has 0 spiro atoms. The molecule has 0 bridgehead atoms. The fourth-order valence-corrected chi connectivity index (χ4v) is 2.28. The van der Waals surface area contributed by atoms with Gasteiger partial charge >= 0.3 is 0 Å². The third kappa shape index (κ3) is 3.21. The number of likely N-dealkylation sites (tertiary alicyclic amines) is 1. The molecule has 19 heavy (non-hydrogen) atoms. The van der Waals surface area contributed by atoms with E-state index in [-0.39, 0.29) is 5.91 Å². The predicted molar refractivity (Wildman–Crippen MR) is 72.6 cm³/mol. The van der Waals surface area contributed by atoms with Gasteiger partial charge in [0, 0.05) is 24.3 Å². The molecule has 4 N–H and O–H groups in total. The third-order valence-electron chi connectivity index (χ3n) is 3.23. The third-order valence-corrected chi connectivity index (χ3v) is 3.23. The highest BCUT2D eigenvalue weighted by Crippen LogP contribution is 2.17. The van der Waals surface area contributed by atoms with Crippen molar-refractivity contribution in [2.24, 2.45) is 5.84 Å². The summed E-state index contributed by atoms with van der Waals surface area (Å²) in [4.78, 5) is 18.3. The second kappa shape index (κ2) is 5.99. The molecule has 0 aromatic carbocycles. The lowest BCUT2D eigenvalue weighted by atomic mass is 10.1. The highest BCUT2D eigenvalue weighted by molar-refractivity contribution is 5.95. The Bertz CT molecular complexity index is 464.